The average molecular weight is 139 g/mol. The maximum Gasteiger partial charge on any atom is 0.0466 e. The smallest absolute Gasteiger partial charge is 0.0466 e. The van der Waals surface area contributed by atoms with Crippen LogP contribution in [0, 0.1) is 0 Å². The lowest BCUT2D eigenvalue weighted by Crippen LogP contribution is -2.46. The first kappa shape index (κ1) is 6.19. The van der Waals surface area contributed by atoms with Crippen LogP contribution in [0.15, 0.2) is 11.8 Å². The van der Waals surface area contributed by atoms with Gasteiger partial charge in [0.1, 0.15) is 0 Å². The third-order valence-corrected chi connectivity index (χ3v) is 1.97. The van der Waals surface area contributed by atoms with Crippen LogP contribution in [0.25, 0.3) is 0 Å². The van der Waals surface area contributed by atoms with E-state index >= 15 is 0 Å². The van der Waals surface area contributed by atoms with Crippen molar-refractivity contribution in [3.05, 3.63) is 11.8 Å². The van der Waals surface area contributed by atoms with E-state index in [9.17, 15) is 0 Å². The SMILES string of the molecule is CC1C=C2CNCCN2N1. The van der Waals surface area contributed by atoms with E-state index in [4.69, 9.17) is 0 Å². The predicted octanol–water partition coefficient (Wildman–Crippen LogP) is -0.318. The van der Waals surface area contributed by atoms with Gasteiger partial charge in [0.15, 0.2) is 0 Å². The molecule has 0 spiro atoms. The Morgan fingerprint density at radius 3 is 3.40 bits per heavy atom. The van der Waals surface area contributed by atoms with Crippen molar-refractivity contribution in [3.8, 4) is 0 Å². The highest BCUT2D eigenvalue weighted by Gasteiger charge is 2.21. The highest BCUT2D eigenvalue weighted by atomic mass is 15.5. The second kappa shape index (κ2) is 2.25. The van der Waals surface area contributed by atoms with Gasteiger partial charge in [-0.1, -0.05) is 0 Å². The van der Waals surface area contributed by atoms with Crippen LogP contribution in [0.1, 0.15) is 6.92 Å². The normalized spacial score (nSPS) is 31.9. The molecule has 3 heteroatoms. The summed E-state index contributed by atoms with van der Waals surface area (Å²) >= 11 is 0. The summed E-state index contributed by atoms with van der Waals surface area (Å²) < 4.78 is 0. The molecule has 0 aromatic heterocycles. The van der Waals surface area contributed by atoms with E-state index in [0.717, 1.165) is 19.6 Å². The molecular weight excluding hydrogens is 126 g/mol. The molecule has 0 saturated carbocycles. The van der Waals surface area contributed by atoms with Crippen molar-refractivity contribution in [1.29, 1.82) is 0 Å². The van der Waals surface area contributed by atoms with Gasteiger partial charge >= 0.3 is 0 Å². The Bertz CT molecular complexity index is 164. The molecule has 2 N–H and O–H groups in total. The minimum Gasteiger partial charge on any atom is -0.310 e. The first-order valence-electron chi connectivity index (χ1n) is 3.81. The summed E-state index contributed by atoms with van der Waals surface area (Å²) in [6.07, 6.45) is 2.27. The van der Waals surface area contributed by atoms with Crippen molar-refractivity contribution >= 4 is 0 Å². The molecule has 0 bridgehead atoms. The highest BCUT2D eigenvalue weighted by molar-refractivity contribution is 5.13. The van der Waals surface area contributed by atoms with Crippen LogP contribution in [-0.2, 0) is 0 Å². The van der Waals surface area contributed by atoms with Crippen LogP contribution in [0.5, 0.6) is 0 Å². The number of piperazine rings is 1. The summed E-state index contributed by atoms with van der Waals surface area (Å²) in [5, 5.41) is 5.56. The quantitative estimate of drug-likeness (QED) is 0.482. The van der Waals surface area contributed by atoms with Crippen molar-refractivity contribution < 1.29 is 0 Å². The fourth-order valence-corrected chi connectivity index (χ4v) is 1.51. The van der Waals surface area contributed by atoms with Gasteiger partial charge in [-0.15, -0.1) is 0 Å². The summed E-state index contributed by atoms with van der Waals surface area (Å²) in [5.74, 6) is 0. The maximum atomic E-state index is 3.36. The molecule has 1 fully saturated rings. The molecule has 0 radical (unpaired) electrons. The monoisotopic (exact) mass is 139 g/mol. The zero-order valence-electron chi connectivity index (χ0n) is 6.22. The van der Waals surface area contributed by atoms with Crippen molar-refractivity contribution in [2.45, 2.75) is 13.0 Å². The third kappa shape index (κ3) is 0.914. The second-order valence-electron chi connectivity index (χ2n) is 2.90. The summed E-state index contributed by atoms with van der Waals surface area (Å²) in [7, 11) is 0. The minimum atomic E-state index is 0.523. The van der Waals surface area contributed by atoms with Gasteiger partial charge in [0, 0.05) is 31.4 Å². The molecular formula is C7H13N3. The Hall–Kier alpha value is -0.540. The number of nitrogens with zero attached hydrogens (tertiary/aromatic N) is 1. The number of nitrogens with one attached hydrogen (secondary N) is 2. The highest BCUT2D eigenvalue weighted by Crippen LogP contribution is 2.12. The first-order chi connectivity index (χ1) is 4.86. The average Bonchev–Trinajstić information content (AvgIpc) is 2.27. The molecule has 0 aromatic carbocycles. The van der Waals surface area contributed by atoms with Gasteiger partial charge in [0.25, 0.3) is 0 Å². The van der Waals surface area contributed by atoms with Crippen LogP contribution in [0.4, 0.5) is 0 Å². The molecule has 10 heavy (non-hydrogen) atoms. The molecule has 1 unspecified atom stereocenters. The zero-order chi connectivity index (χ0) is 6.97. The molecule has 0 aromatic rings. The molecule has 0 amide bonds. The molecule has 56 valence electrons. The molecule has 2 aliphatic heterocycles. The topological polar surface area (TPSA) is 27.3 Å². The summed E-state index contributed by atoms with van der Waals surface area (Å²) in [6, 6.07) is 0.523. The summed E-state index contributed by atoms with van der Waals surface area (Å²) in [5.41, 5.74) is 4.76. The Kier molecular flexibility index (Phi) is 1.39. The minimum absolute atomic E-state index is 0.523. The van der Waals surface area contributed by atoms with Gasteiger partial charge in [-0.05, 0) is 13.0 Å². The maximum absolute atomic E-state index is 3.36. The Morgan fingerprint density at radius 1 is 1.70 bits per heavy atom. The third-order valence-electron chi connectivity index (χ3n) is 1.97. The number of hydrogen-bond acceptors (Lipinski definition) is 3. The van der Waals surface area contributed by atoms with Gasteiger partial charge in [-0.25, -0.2) is 5.43 Å². The summed E-state index contributed by atoms with van der Waals surface area (Å²) in [6.45, 7) is 5.38. The van der Waals surface area contributed by atoms with E-state index in [0.29, 0.717) is 6.04 Å². The Labute approximate surface area is 61.1 Å². The van der Waals surface area contributed by atoms with E-state index < -0.39 is 0 Å². The van der Waals surface area contributed by atoms with Crippen LogP contribution < -0.4 is 10.7 Å². The van der Waals surface area contributed by atoms with E-state index in [1.54, 1.807) is 0 Å². The lowest BCUT2D eigenvalue weighted by atomic mass is 10.3. The fourth-order valence-electron chi connectivity index (χ4n) is 1.51. The number of hydrogen-bond donors (Lipinski definition) is 2. The molecule has 2 aliphatic rings. The molecule has 1 saturated heterocycles. The second-order valence-corrected chi connectivity index (χ2v) is 2.90. The molecule has 1 atom stereocenters. The van der Waals surface area contributed by atoms with E-state index in [1.807, 2.05) is 0 Å². The van der Waals surface area contributed by atoms with Crippen molar-refractivity contribution in [3.63, 3.8) is 0 Å². The number of hydrazine groups is 1. The first-order valence-corrected chi connectivity index (χ1v) is 3.81. The molecule has 0 aliphatic carbocycles. The predicted molar refractivity (Wildman–Crippen MR) is 40.3 cm³/mol. The fraction of sp³-hybridized carbons (Fsp3) is 0.714. The number of rotatable bonds is 0. The Balaban J connectivity index is 2.10. The van der Waals surface area contributed by atoms with E-state index in [2.05, 4.69) is 28.8 Å². The molecule has 2 rings (SSSR count). The van der Waals surface area contributed by atoms with Crippen molar-refractivity contribution in [1.82, 2.24) is 15.8 Å². The lowest BCUT2D eigenvalue weighted by Gasteiger charge is -2.28. The Morgan fingerprint density at radius 2 is 2.60 bits per heavy atom. The van der Waals surface area contributed by atoms with Gasteiger partial charge < -0.3 is 10.3 Å². The molecule has 3 nitrogen and oxygen atoms in total. The lowest BCUT2D eigenvalue weighted by molar-refractivity contribution is 0.232. The van der Waals surface area contributed by atoms with E-state index in [1.165, 1.54) is 5.70 Å². The van der Waals surface area contributed by atoms with Gasteiger partial charge in [0.2, 0.25) is 0 Å². The molecule has 2 heterocycles. The van der Waals surface area contributed by atoms with Crippen LogP contribution in [0.3, 0.4) is 0 Å². The van der Waals surface area contributed by atoms with Crippen LogP contribution in [0.2, 0.25) is 0 Å². The largest absolute Gasteiger partial charge is 0.310 e. The van der Waals surface area contributed by atoms with Gasteiger partial charge in [0.05, 0.1) is 0 Å². The van der Waals surface area contributed by atoms with Crippen molar-refractivity contribution in [2.75, 3.05) is 19.6 Å². The summed E-state index contributed by atoms with van der Waals surface area (Å²) in [4.78, 5) is 0. The van der Waals surface area contributed by atoms with Gasteiger partial charge in [-0.2, -0.15) is 0 Å². The van der Waals surface area contributed by atoms with Crippen LogP contribution in [-0.4, -0.2) is 30.7 Å². The number of fused-ring (bicyclic) bond motifs is 1. The van der Waals surface area contributed by atoms with Gasteiger partial charge in [-0.3, -0.25) is 0 Å². The van der Waals surface area contributed by atoms with Crippen LogP contribution >= 0.6 is 0 Å². The van der Waals surface area contributed by atoms with E-state index in [-0.39, 0.29) is 0 Å². The zero-order valence-corrected chi connectivity index (χ0v) is 6.22. The standard InChI is InChI=1S/C7H13N3/c1-6-4-7-5-8-2-3-10(7)9-6/h4,6,8-9H,2-3,5H2,1H3. The van der Waals surface area contributed by atoms with Crippen molar-refractivity contribution in [2.24, 2.45) is 0 Å².